The number of carbonyl (C=O) groups excluding carboxylic acids is 8. The van der Waals surface area contributed by atoms with Gasteiger partial charge in [-0.05, 0) is 197 Å². The van der Waals surface area contributed by atoms with Crippen LogP contribution in [-0.4, -0.2) is 276 Å². The van der Waals surface area contributed by atoms with E-state index in [4.69, 9.17) is 69.5 Å². The lowest BCUT2D eigenvalue weighted by Gasteiger charge is -2.09. The fraction of sp³-hybridized carbons (Fsp3) is 0.571. The van der Waals surface area contributed by atoms with Crippen LogP contribution in [0.1, 0.15) is 63.6 Å². The van der Waals surface area contributed by atoms with Crippen LogP contribution in [0.2, 0.25) is 0 Å². The number of aliphatic hydroxyl groups excluding tert-OH is 12. The highest BCUT2D eigenvalue weighted by molar-refractivity contribution is 8.02. The molecule has 0 aromatic rings. The summed E-state index contributed by atoms with van der Waals surface area (Å²) in [5.41, 5.74) is 0. The number of hydrogen-bond acceptors (Lipinski definition) is 32. The Labute approximate surface area is 560 Å². The lowest BCUT2D eigenvalue weighted by atomic mass is 10.1. The van der Waals surface area contributed by atoms with Gasteiger partial charge in [-0.1, -0.05) is 0 Å². The van der Waals surface area contributed by atoms with E-state index in [1.54, 1.807) is 45.0 Å². The molecule has 0 saturated heterocycles. The Morgan fingerprint density at radius 1 is 0.261 bits per heavy atom. The first-order valence-corrected chi connectivity index (χ1v) is 34.9. The summed E-state index contributed by atoms with van der Waals surface area (Å²) in [5.74, 6) is -4.74. The van der Waals surface area contributed by atoms with Gasteiger partial charge in [0.05, 0.1) is 8.22 Å². The highest BCUT2D eigenvalue weighted by Gasteiger charge is 2.22. The van der Waals surface area contributed by atoms with E-state index in [-0.39, 0.29) is 0 Å². The normalized spacial score (nSPS) is 19.4. The average Bonchev–Trinajstić information content (AvgIpc) is 0.808. The molecule has 0 spiro atoms. The van der Waals surface area contributed by atoms with Crippen LogP contribution in [0.3, 0.4) is 0 Å². The van der Waals surface area contributed by atoms with Crippen LogP contribution >= 0.6 is 94.1 Å². The van der Waals surface area contributed by atoms with Crippen molar-refractivity contribution in [2.24, 2.45) is 0 Å². The van der Waals surface area contributed by atoms with Crippen LogP contribution in [0.4, 0.5) is 0 Å². The molecule has 0 rings (SSSR count). The van der Waals surface area contributed by atoms with Gasteiger partial charge >= 0.3 is 0 Å². The maximum atomic E-state index is 10.8. The minimum absolute atomic E-state index is 0.428. The summed E-state index contributed by atoms with van der Waals surface area (Å²) >= 11 is 10.4. The van der Waals surface area contributed by atoms with E-state index in [9.17, 15) is 58.8 Å². The molecule has 0 aliphatic heterocycles. The number of rotatable bonds is 32. The summed E-state index contributed by atoms with van der Waals surface area (Å²) in [6.45, 7) is 9.17. The van der Waals surface area contributed by atoms with Crippen LogP contribution in [0, 0.1) is 0 Å². The monoisotopic (exact) mass is 1410 g/mol. The Balaban J connectivity index is -0.000000150. The molecule has 512 valence electrons. The second-order valence-corrected chi connectivity index (χ2v) is 22.0. The molecule has 24 nitrogen and oxygen atoms in total. The van der Waals surface area contributed by atoms with Gasteiger partial charge in [0.25, 0.3) is 0 Å². The van der Waals surface area contributed by atoms with Gasteiger partial charge in [-0.25, -0.2) is 0 Å². The SMILES string of the molecule is CS/C=C/C(O)C(O)C(C)=O.CS/C=C/C(O)C(O)C(C)=O.CS/C=C/C(O)C(O)C(C)=O.CS/C=C/[C@@H](O)[C@@H](O)C(C)=O.CS/C=C/[C@@H](O)[C@@H](O)C(C)=O.CS/C=C/[C@@H](O)[C@@H](O)C(C)=O.[2H]/C(=C\SC)C([2H])(O)C([2H])(O)C(C)=O.[2H]/C(=C\SC)[C@@]([2H])(O)[C@@]([2H])(O)C(C)=O. The Bertz CT molecular complexity index is 2100. The molecule has 8 unspecified atom stereocenters. The van der Waals surface area contributed by atoms with Gasteiger partial charge in [-0.15, -0.1) is 94.1 Å². The molecule has 0 bridgehead atoms. The fourth-order valence-electron chi connectivity index (χ4n) is 3.73. The predicted molar refractivity (Wildman–Crippen MR) is 363 cm³/mol. The van der Waals surface area contributed by atoms with Crippen molar-refractivity contribution in [1.82, 2.24) is 0 Å². The van der Waals surface area contributed by atoms with Crippen molar-refractivity contribution in [1.29, 1.82) is 0 Å². The molecule has 16 atom stereocenters. The van der Waals surface area contributed by atoms with Gasteiger partial charge in [0.1, 0.15) is 97.6 Å². The van der Waals surface area contributed by atoms with Crippen molar-refractivity contribution in [3.05, 3.63) is 91.8 Å². The predicted octanol–water partition coefficient (Wildman–Crippen LogP) is 1.39. The third-order valence-corrected chi connectivity index (χ3v) is 11.9. The van der Waals surface area contributed by atoms with E-state index in [0.717, 1.165) is 48.2 Å². The topological polar surface area (TPSA) is 460 Å². The summed E-state index contributed by atoms with van der Waals surface area (Å²) in [7, 11) is 0. The van der Waals surface area contributed by atoms with Crippen LogP contribution in [0.15, 0.2) is 91.8 Å². The molecule has 0 fully saturated rings. The third-order valence-electron chi connectivity index (χ3n) is 8.65. The largest absolute Gasteiger partial charge is 0.386 e. The Morgan fingerprint density at radius 3 is 0.477 bits per heavy atom. The molecule has 0 amide bonds. The number of Topliss-reactive ketones (excluding diaryl/α,β-unsaturated/α-hetero) is 8. The molecule has 0 aliphatic rings. The van der Waals surface area contributed by atoms with Crippen molar-refractivity contribution in [3.8, 4) is 0 Å². The van der Waals surface area contributed by atoms with Crippen molar-refractivity contribution in [2.75, 3.05) is 50.0 Å². The molecule has 32 heteroatoms. The average molecular weight is 1420 g/mol. The second kappa shape index (κ2) is 67.3. The smallest absolute Gasteiger partial charge is 0.161 e. The molecular weight excluding hydrogens is 1310 g/mol. The fourth-order valence-corrected chi connectivity index (χ4v) is 6.10. The van der Waals surface area contributed by atoms with E-state index in [2.05, 4.69) is 0 Å². The number of thioether (sulfide) groups is 8. The molecule has 0 aromatic carbocycles. The highest BCUT2D eigenvalue weighted by atomic mass is 32.2. The van der Waals surface area contributed by atoms with Crippen LogP contribution in [0.5, 0.6) is 0 Å². The number of hydrogen-bond donors (Lipinski definition) is 16. The van der Waals surface area contributed by atoms with Crippen LogP contribution in [-0.2, 0) is 38.4 Å². The van der Waals surface area contributed by atoms with E-state index in [1.165, 1.54) is 149 Å². The minimum Gasteiger partial charge on any atom is -0.386 e. The number of carbonyl (C=O) groups is 8. The van der Waals surface area contributed by atoms with E-state index >= 15 is 0 Å². The number of ketones is 8. The first kappa shape index (κ1) is 87.5. The zero-order valence-corrected chi connectivity index (χ0v) is 58.2. The van der Waals surface area contributed by atoms with Crippen molar-refractivity contribution in [2.45, 2.75) is 153 Å². The molecule has 16 N–H and O–H groups in total. The molecule has 0 aromatic heterocycles. The zero-order valence-electron chi connectivity index (χ0n) is 57.7. The van der Waals surface area contributed by atoms with E-state index in [1.807, 2.05) is 37.5 Å². The summed E-state index contributed by atoms with van der Waals surface area (Å²) in [4.78, 5) is 84.6. The lowest BCUT2D eigenvalue weighted by molar-refractivity contribution is -0.129. The van der Waals surface area contributed by atoms with Gasteiger partial charge in [-0.3, -0.25) is 38.4 Å². The first-order chi connectivity index (χ1) is 42.9. The van der Waals surface area contributed by atoms with Crippen molar-refractivity contribution >= 4 is 140 Å². The molecule has 0 aliphatic carbocycles. The van der Waals surface area contributed by atoms with Crippen LogP contribution in [0.25, 0.3) is 0 Å². The Kier molecular flexibility index (Phi) is 67.0. The molecule has 0 saturated carbocycles. The minimum atomic E-state index is -3.02. The summed E-state index contributed by atoms with van der Waals surface area (Å²) in [6.07, 6.45) is -3.76. The quantitative estimate of drug-likeness (QED) is 0.0452. The molecular formula is C56H96O24S8. The zero-order chi connectivity index (χ0) is 76.3. The maximum Gasteiger partial charge on any atom is 0.161 e. The first-order valence-electron chi connectivity index (χ1n) is 27.6. The van der Waals surface area contributed by atoms with Gasteiger partial charge in [0.2, 0.25) is 0 Å². The maximum absolute atomic E-state index is 10.8. The molecule has 88 heavy (non-hydrogen) atoms. The van der Waals surface area contributed by atoms with E-state index in [0.29, 0.717) is 0 Å². The van der Waals surface area contributed by atoms with Gasteiger partial charge in [0, 0.05) is 0 Å². The Hall–Kier alpha value is -2.56. The van der Waals surface area contributed by atoms with Crippen molar-refractivity contribution < 1.29 is 128 Å². The second-order valence-electron chi connectivity index (χ2n) is 16.2. The van der Waals surface area contributed by atoms with Crippen molar-refractivity contribution in [3.63, 3.8) is 0 Å². The lowest BCUT2D eigenvalue weighted by Crippen LogP contribution is -2.30. The van der Waals surface area contributed by atoms with E-state index < -0.39 is 156 Å². The summed E-state index contributed by atoms with van der Waals surface area (Å²) in [6, 6.07) is -1.39. The summed E-state index contributed by atoms with van der Waals surface area (Å²) < 4.78 is 43.0. The van der Waals surface area contributed by atoms with Gasteiger partial charge < -0.3 is 81.7 Å². The van der Waals surface area contributed by atoms with Gasteiger partial charge in [0.15, 0.2) is 46.3 Å². The molecule has 0 heterocycles. The molecule has 0 radical (unpaired) electrons. The standard InChI is InChI=1S/8C7H12O3S/c8*1-5(8)7(10)6(9)3-4-11-2/h8*3-4,6-7,9-10H,1-2H3/b8*4-3+/t4*6-,7+;;;;/m1111..../s1/i3D,6D,7D;;;;3D,6D,7D;;;. The number of aliphatic hydroxyl groups is 16. The van der Waals surface area contributed by atoms with Gasteiger partial charge in [-0.2, -0.15) is 0 Å². The Morgan fingerprint density at radius 2 is 0.386 bits per heavy atom. The van der Waals surface area contributed by atoms with Crippen LogP contribution < -0.4 is 0 Å². The highest BCUT2D eigenvalue weighted by Crippen LogP contribution is 2.07. The summed E-state index contributed by atoms with van der Waals surface area (Å²) in [5, 5.41) is 157. The third kappa shape index (κ3) is 65.0.